The molecule has 0 N–H and O–H groups in total. The third kappa shape index (κ3) is 2.96. The highest BCUT2D eigenvalue weighted by atomic mass is 35.5. The fraction of sp³-hybridized carbons (Fsp3) is 0.353. The third-order valence-electron chi connectivity index (χ3n) is 4.00. The lowest BCUT2D eigenvalue weighted by atomic mass is 10.2. The molecule has 2 nitrogen and oxygen atoms in total. The Morgan fingerprint density at radius 1 is 1.25 bits per heavy atom. The van der Waals surface area contributed by atoms with Gasteiger partial charge in [-0.3, -0.25) is 4.99 Å². The Morgan fingerprint density at radius 3 is 2.80 bits per heavy atom. The quantitative estimate of drug-likeness (QED) is 0.680. The second kappa shape index (κ2) is 5.84. The summed E-state index contributed by atoms with van der Waals surface area (Å²) in [6, 6.07) is 8.70. The summed E-state index contributed by atoms with van der Waals surface area (Å²) in [7, 11) is 0. The zero-order valence-corrected chi connectivity index (χ0v) is 12.5. The molecule has 3 heteroatoms. The van der Waals surface area contributed by atoms with Crippen LogP contribution >= 0.6 is 11.6 Å². The van der Waals surface area contributed by atoms with Crippen molar-refractivity contribution >= 4 is 23.5 Å². The minimum absolute atomic E-state index is 0.686. The van der Waals surface area contributed by atoms with Gasteiger partial charge in [-0.15, -0.1) is 0 Å². The first kappa shape index (κ1) is 13.4. The summed E-state index contributed by atoms with van der Waals surface area (Å²) in [6.45, 7) is 2.00. The van der Waals surface area contributed by atoms with Crippen molar-refractivity contribution < 1.29 is 0 Å². The summed E-state index contributed by atoms with van der Waals surface area (Å²) < 4.78 is 2.33. The van der Waals surface area contributed by atoms with Crippen LogP contribution in [0.15, 0.2) is 41.7 Å². The molecular weight excluding hydrogens is 268 g/mol. The molecule has 104 valence electrons. The summed E-state index contributed by atoms with van der Waals surface area (Å²) in [5, 5.41) is 0.767. The zero-order chi connectivity index (χ0) is 13.9. The first-order chi connectivity index (χ1) is 9.72. The molecule has 1 aliphatic carbocycles. The van der Waals surface area contributed by atoms with Gasteiger partial charge in [0.05, 0.1) is 5.69 Å². The van der Waals surface area contributed by atoms with Crippen LogP contribution in [0.2, 0.25) is 5.02 Å². The van der Waals surface area contributed by atoms with Crippen LogP contribution in [0.5, 0.6) is 0 Å². The number of aromatic nitrogens is 1. The van der Waals surface area contributed by atoms with Gasteiger partial charge in [-0.05, 0) is 43.5 Å². The van der Waals surface area contributed by atoms with E-state index in [0.29, 0.717) is 6.04 Å². The van der Waals surface area contributed by atoms with Crippen LogP contribution in [-0.4, -0.2) is 10.8 Å². The molecule has 1 aliphatic rings. The molecule has 0 bridgehead atoms. The summed E-state index contributed by atoms with van der Waals surface area (Å²) in [5.41, 5.74) is 3.13. The fourth-order valence-corrected chi connectivity index (χ4v) is 2.92. The number of nitrogens with zero attached hydrogens (tertiary/aromatic N) is 2. The monoisotopic (exact) mass is 286 g/mol. The largest absolute Gasteiger partial charge is 0.351 e. The average Bonchev–Trinajstić information content (AvgIpc) is 3.09. The standard InChI is InChI=1S/C17H19ClN2/c1-13-6-7-15(10-17(13)18)19-11-14-8-9-20(12-14)16-4-2-3-5-16/h6-12,16H,2-5H2,1H3. The molecule has 1 aromatic heterocycles. The Kier molecular flexibility index (Phi) is 3.93. The van der Waals surface area contributed by atoms with E-state index in [1.165, 1.54) is 25.7 Å². The second-order valence-electron chi connectivity index (χ2n) is 5.52. The van der Waals surface area contributed by atoms with Crippen LogP contribution in [0.4, 0.5) is 5.69 Å². The van der Waals surface area contributed by atoms with E-state index >= 15 is 0 Å². The molecule has 1 fully saturated rings. The predicted molar refractivity (Wildman–Crippen MR) is 85.4 cm³/mol. The molecule has 1 saturated carbocycles. The topological polar surface area (TPSA) is 17.3 Å². The van der Waals surface area contributed by atoms with Crippen molar-refractivity contribution in [3.63, 3.8) is 0 Å². The van der Waals surface area contributed by atoms with Crippen LogP contribution in [0, 0.1) is 6.92 Å². The predicted octanol–water partition coefficient (Wildman–Crippen LogP) is 5.32. The van der Waals surface area contributed by atoms with E-state index < -0.39 is 0 Å². The highest BCUT2D eigenvalue weighted by Crippen LogP contribution is 2.29. The molecule has 0 saturated heterocycles. The second-order valence-corrected chi connectivity index (χ2v) is 5.93. The lowest BCUT2D eigenvalue weighted by Gasteiger charge is -2.10. The van der Waals surface area contributed by atoms with E-state index in [4.69, 9.17) is 11.6 Å². The third-order valence-corrected chi connectivity index (χ3v) is 4.41. The normalized spacial score (nSPS) is 16.3. The van der Waals surface area contributed by atoms with Crippen LogP contribution < -0.4 is 0 Å². The number of aryl methyl sites for hydroxylation is 1. The molecule has 0 spiro atoms. The SMILES string of the molecule is Cc1ccc(N=Cc2ccn(C3CCCC3)c2)cc1Cl. The maximum atomic E-state index is 6.11. The maximum Gasteiger partial charge on any atom is 0.0644 e. The summed E-state index contributed by atoms with van der Waals surface area (Å²) in [6.07, 6.45) is 11.6. The minimum atomic E-state index is 0.686. The molecule has 0 aliphatic heterocycles. The van der Waals surface area contributed by atoms with Gasteiger partial charge in [0.2, 0.25) is 0 Å². The number of benzene rings is 1. The molecular formula is C17H19ClN2. The van der Waals surface area contributed by atoms with Gasteiger partial charge in [-0.25, -0.2) is 0 Å². The van der Waals surface area contributed by atoms with Crippen molar-refractivity contribution in [1.82, 2.24) is 4.57 Å². The number of rotatable bonds is 3. The van der Waals surface area contributed by atoms with E-state index in [1.807, 2.05) is 31.3 Å². The summed E-state index contributed by atoms with van der Waals surface area (Å²) in [5.74, 6) is 0. The minimum Gasteiger partial charge on any atom is -0.351 e. The Morgan fingerprint density at radius 2 is 2.05 bits per heavy atom. The Balaban J connectivity index is 1.73. The van der Waals surface area contributed by atoms with Crippen molar-refractivity contribution in [3.05, 3.63) is 52.8 Å². The first-order valence-electron chi connectivity index (χ1n) is 7.20. The van der Waals surface area contributed by atoms with Crippen LogP contribution in [-0.2, 0) is 0 Å². The number of halogens is 1. The van der Waals surface area contributed by atoms with Crippen molar-refractivity contribution in [2.75, 3.05) is 0 Å². The zero-order valence-electron chi connectivity index (χ0n) is 11.7. The van der Waals surface area contributed by atoms with E-state index in [2.05, 4.69) is 28.0 Å². The maximum absolute atomic E-state index is 6.11. The van der Waals surface area contributed by atoms with Gasteiger partial charge in [-0.1, -0.05) is 30.5 Å². The molecule has 0 atom stereocenters. The molecule has 1 aromatic carbocycles. The van der Waals surface area contributed by atoms with Gasteiger partial charge in [0.15, 0.2) is 0 Å². The smallest absolute Gasteiger partial charge is 0.0644 e. The lowest BCUT2D eigenvalue weighted by molar-refractivity contribution is 0.521. The van der Waals surface area contributed by atoms with Crippen LogP contribution in [0.25, 0.3) is 0 Å². The van der Waals surface area contributed by atoms with E-state index in [0.717, 1.165) is 21.8 Å². The van der Waals surface area contributed by atoms with Crippen LogP contribution in [0.1, 0.15) is 42.9 Å². The fourth-order valence-electron chi connectivity index (χ4n) is 2.75. The van der Waals surface area contributed by atoms with Gasteiger partial charge in [0, 0.05) is 35.2 Å². The average molecular weight is 287 g/mol. The number of hydrogen-bond acceptors (Lipinski definition) is 1. The molecule has 0 amide bonds. The summed E-state index contributed by atoms with van der Waals surface area (Å²) in [4.78, 5) is 4.50. The lowest BCUT2D eigenvalue weighted by Crippen LogP contribution is -2.00. The number of aliphatic imine (C=N–C) groups is 1. The van der Waals surface area contributed by atoms with Gasteiger partial charge in [0.25, 0.3) is 0 Å². The van der Waals surface area contributed by atoms with Crippen LogP contribution in [0.3, 0.4) is 0 Å². The highest BCUT2D eigenvalue weighted by molar-refractivity contribution is 6.31. The molecule has 0 unspecified atom stereocenters. The van der Waals surface area contributed by atoms with Crippen molar-refractivity contribution in [2.24, 2.45) is 4.99 Å². The highest BCUT2D eigenvalue weighted by Gasteiger charge is 2.15. The van der Waals surface area contributed by atoms with Crippen molar-refractivity contribution in [3.8, 4) is 0 Å². The van der Waals surface area contributed by atoms with E-state index in [1.54, 1.807) is 0 Å². The van der Waals surface area contributed by atoms with Crippen molar-refractivity contribution in [1.29, 1.82) is 0 Å². The Bertz CT molecular complexity index is 622. The molecule has 1 heterocycles. The molecule has 0 radical (unpaired) electrons. The van der Waals surface area contributed by atoms with Gasteiger partial charge in [-0.2, -0.15) is 0 Å². The molecule has 2 aromatic rings. The van der Waals surface area contributed by atoms with Gasteiger partial charge in [0.1, 0.15) is 0 Å². The Hall–Kier alpha value is -1.54. The first-order valence-corrected chi connectivity index (χ1v) is 7.58. The van der Waals surface area contributed by atoms with Gasteiger partial charge >= 0.3 is 0 Å². The number of hydrogen-bond donors (Lipinski definition) is 0. The van der Waals surface area contributed by atoms with Crippen molar-refractivity contribution in [2.45, 2.75) is 38.6 Å². The van der Waals surface area contributed by atoms with E-state index in [9.17, 15) is 0 Å². The molecule has 20 heavy (non-hydrogen) atoms. The van der Waals surface area contributed by atoms with Gasteiger partial charge < -0.3 is 4.57 Å². The van der Waals surface area contributed by atoms with E-state index in [-0.39, 0.29) is 0 Å². The summed E-state index contributed by atoms with van der Waals surface area (Å²) >= 11 is 6.11. The molecule has 3 rings (SSSR count). The Labute approximate surface area is 125 Å².